The van der Waals surface area contributed by atoms with Gasteiger partial charge in [-0.25, -0.2) is 9.97 Å². The van der Waals surface area contributed by atoms with Gasteiger partial charge >= 0.3 is 0 Å². The molecular weight excluding hydrogens is 188 g/mol. The van der Waals surface area contributed by atoms with Gasteiger partial charge in [0.15, 0.2) is 0 Å². The van der Waals surface area contributed by atoms with Crippen molar-refractivity contribution < 1.29 is 8.76 Å². The van der Waals surface area contributed by atoms with E-state index < -0.39 is 11.1 Å². The summed E-state index contributed by atoms with van der Waals surface area (Å²) < 4.78 is 20.3. The van der Waals surface area contributed by atoms with Crippen molar-refractivity contribution in [1.82, 2.24) is 9.97 Å². The molecule has 0 bridgehead atoms. The predicted molar refractivity (Wildman–Crippen MR) is 39.7 cm³/mol. The van der Waals surface area contributed by atoms with E-state index in [2.05, 4.69) is 9.97 Å². The first-order valence-corrected chi connectivity index (χ1v) is 4.34. The summed E-state index contributed by atoms with van der Waals surface area (Å²) in [5, 5.41) is 0.250. The van der Waals surface area contributed by atoms with Crippen LogP contribution in [0.2, 0.25) is 5.15 Å². The Kier molecular flexibility index (Phi) is 2.92. The monoisotopic (exact) mass is 191 g/mol. The molecule has 4 nitrogen and oxygen atoms in total. The van der Waals surface area contributed by atoms with Gasteiger partial charge in [-0.1, -0.05) is 11.6 Å². The first kappa shape index (κ1) is 8.58. The van der Waals surface area contributed by atoms with Crippen LogP contribution in [-0.4, -0.2) is 18.7 Å². The highest BCUT2D eigenvalue weighted by molar-refractivity contribution is 7.78. The molecule has 1 aromatic rings. The average molecular weight is 192 g/mol. The van der Waals surface area contributed by atoms with Crippen LogP contribution in [0.4, 0.5) is 0 Å². The van der Waals surface area contributed by atoms with Crippen molar-refractivity contribution in [2.75, 3.05) is 0 Å². The number of hydrogen-bond donors (Lipinski definition) is 0. The maximum absolute atomic E-state index is 10.2. The minimum atomic E-state index is -2.16. The molecule has 0 aliphatic rings. The van der Waals surface area contributed by atoms with Gasteiger partial charge in [0.2, 0.25) is 0 Å². The summed E-state index contributed by atoms with van der Waals surface area (Å²) in [5.41, 5.74) is 0. The van der Waals surface area contributed by atoms with Gasteiger partial charge in [0.25, 0.3) is 0 Å². The van der Waals surface area contributed by atoms with E-state index in [9.17, 15) is 8.76 Å². The lowest BCUT2D eigenvalue weighted by atomic mass is 10.6. The molecule has 0 aromatic carbocycles. The molecule has 0 amide bonds. The minimum Gasteiger partial charge on any atom is -0.772 e. The van der Waals surface area contributed by atoms with E-state index in [1.54, 1.807) is 0 Å². The van der Waals surface area contributed by atoms with E-state index in [-0.39, 0.29) is 16.7 Å². The van der Waals surface area contributed by atoms with Crippen LogP contribution in [-0.2, 0) is 16.8 Å². The van der Waals surface area contributed by atoms with Crippen molar-refractivity contribution >= 4 is 22.7 Å². The fourth-order valence-electron chi connectivity index (χ4n) is 0.549. The first-order chi connectivity index (χ1) is 5.18. The fourth-order valence-corrected chi connectivity index (χ4v) is 1.05. The lowest BCUT2D eigenvalue weighted by molar-refractivity contribution is 0.535. The van der Waals surface area contributed by atoms with E-state index in [4.69, 9.17) is 11.6 Å². The van der Waals surface area contributed by atoms with Crippen LogP contribution in [0.3, 0.4) is 0 Å². The Morgan fingerprint density at radius 2 is 2.45 bits per heavy atom. The van der Waals surface area contributed by atoms with Crippen LogP contribution in [0, 0.1) is 0 Å². The summed E-state index contributed by atoms with van der Waals surface area (Å²) in [4.78, 5) is 7.37. The SMILES string of the molecule is O=S([O-])Cc1nccc(Cl)n1. The molecule has 1 atom stereocenters. The van der Waals surface area contributed by atoms with Crippen molar-refractivity contribution in [3.63, 3.8) is 0 Å². The molecule has 0 N–H and O–H groups in total. The van der Waals surface area contributed by atoms with Crippen molar-refractivity contribution in [2.24, 2.45) is 0 Å². The Morgan fingerprint density at radius 1 is 1.73 bits per heavy atom. The maximum Gasteiger partial charge on any atom is 0.141 e. The molecule has 0 aliphatic heterocycles. The molecule has 0 fully saturated rings. The number of hydrogen-bond acceptors (Lipinski definition) is 4. The third-order valence-electron chi connectivity index (χ3n) is 0.918. The second-order valence-corrected chi connectivity index (χ2v) is 3.03. The van der Waals surface area contributed by atoms with Crippen LogP contribution >= 0.6 is 11.6 Å². The predicted octanol–water partition coefficient (Wildman–Crippen LogP) is 0.509. The van der Waals surface area contributed by atoms with E-state index in [1.165, 1.54) is 12.3 Å². The standard InChI is InChI=1S/C5H5ClN2O2S/c6-4-1-2-7-5(8-4)3-11(9)10/h1-2H,3H2,(H,9,10)/p-1. The number of nitrogens with zero attached hydrogens (tertiary/aromatic N) is 2. The number of rotatable bonds is 2. The zero-order chi connectivity index (χ0) is 8.27. The average Bonchev–Trinajstić information content (AvgIpc) is 1.85. The van der Waals surface area contributed by atoms with Crippen LogP contribution in [0.1, 0.15) is 5.82 Å². The van der Waals surface area contributed by atoms with Gasteiger partial charge in [0.05, 0.1) is 5.75 Å². The Bertz CT molecular complexity index is 281. The molecular formula is C5H4ClN2O2S-. The highest BCUT2D eigenvalue weighted by atomic mass is 35.5. The van der Waals surface area contributed by atoms with Gasteiger partial charge < -0.3 is 4.55 Å². The van der Waals surface area contributed by atoms with Crippen LogP contribution in [0.15, 0.2) is 12.3 Å². The Morgan fingerprint density at radius 3 is 3.00 bits per heavy atom. The lowest BCUT2D eigenvalue weighted by Gasteiger charge is -2.02. The molecule has 1 aromatic heterocycles. The van der Waals surface area contributed by atoms with E-state index >= 15 is 0 Å². The van der Waals surface area contributed by atoms with Crippen LogP contribution in [0.5, 0.6) is 0 Å². The first-order valence-electron chi connectivity index (χ1n) is 2.72. The highest BCUT2D eigenvalue weighted by Crippen LogP contribution is 2.02. The molecule has 11 heavy (non-hydrogen) atoms. The smallest absolute Gasteiger partial charge is 0.141 e. The Balaban J connectivity index is 2.79. The summed E-state index contributed by atoms with van der Waals surface area (Å²) in [5.74, 6) is 0.0198. The van der Waals surface area contributed by atoms with Gasteiger partial charge in [-0.2, -0.15) is 0 Å². The van der Waals surface area contributed by atoms with Gasteiger partial charge in [-0.15, -0.1) is 0 Å². The largest absolute Gasteiger partial charge is 0.772 e. The van der Waals surface area contributed by atoms with Crippen molar-refractivity contribution in [3.05, 3.63) is 23.2 Å². The van der Waals surface area contributed by atoms with Gasteiger partial charge in [-0.3, -0.25) is 4.21 Å². The van der Waals surface area contributed by atoms with Crippen LogP contribution in [0.25, 0.3) is 0 Å². The second-order valence-electron chi connectivity index (χ2n) is 1.74. The molecule has 0 saturated heterocycles. The summed E-state index contributed by atoms with van der Waals surface area (Å²) in [6, 6.07) is 1.48. The molecule has 1 rings (SSSR count). The maximum atomic E-state index is 10.2. The zero-order valence-corrected chi connectivity index (χ0v) is 6.93. The fraction of sp³-hybridized carbons (Fsp3) is 0.200. The quantitative estimate of drug-likeness (QED) is 0.505. The summed E-state index contributed by atoms with van der Waals surface area (Å²) in [7, 11) is 0. The highest BCUT2D eigenvalue weighted by Gasteiger charge is 1.95. The van der Waals surface area contributed by atoms with E-state index in [0.29, 0.717) is 0 Å². The molecule has 1 unspecified atom stereocenters. The molecule has 60 valence electrons. The summed E-state index contributed by atoms with van der Waals surface area (Å²) in [6.45, 7) is 0. The molecule has 0 saturated carbocycles. The van der Waals surface area contributed by atoms with Gasteiger partial charge in [-0.05, 0) is 17.1 Å². The molecule has 1 heterocycles. The molecule has 0 aliphatic carbocycles. The van der Waals surface area contributed by atoms with Crippen molar-refractivity contribution in [2.45, 2.75) is 5.75 Å². The lowest BCUT2D eigenvalue weighted by Crippen LogP contribution is -1.99. The van der Waals surface area contributed by atoms with Crippen molar-refractivity contribution in [3.8, 4) is 0 Å². The Labute approximate surface area is 70.9 Å². The molecule has 6 heteroatoms. The zero-order valence-electron chi connectivity index (χ0n) is 5.36. The topological polar surface area (TPSA) is 65.9 Å². The third kappa shape index (κ3) is 2.92. The second kappa shape index (κ2) is 3.75. The number of halogens is 1. The minimum absolute atomic E-state index is 0.194. The third-order valence-corrected chi connectivity index (χ3v) is 1.62. The van der Waals surface area contributed by atoms with Gasteiger partial charge in [0.1, 0.15) is 11.0 Å². The van der Waals surface area contributed by atoms with E-state index in [0.717, 1.165) is 0 Å². The van der Waals surface area contributed by atoms with Crippen LogP contribution < -0.4 is 0 Å². The number of aromatic nitrogens is 2. The summed E-state index contributed by atoms with van der Waals surface area (Å²) >= 11 is 3.32. The van der Waals surface area contributed by atoms with Crippen molar-refractivity contribution in [1.29, 1.82) is 0 Å². The van der Waals surface area contributed by atoms with Gasteiger partial charge in [0, 0.05) is 6.20 Å². The molecule has 0 spiro atoms. The normalized spacial score (nSPS) is 12.9. The molecule has 0 radical (unpaired) electrons. The van der Waals surface area contributed by atoms with E-state index in [1.807, 2.05) is 0 Å². The Hall–Kier alpha value is -0.520. The summed E-state index contributed by atoms with van der Waals surface area (Å²) in [6.07, 6.45) is 1.41.